The van der Waals surface area contributed by atoms with Gasteiger partial charge >= 0.3 is 0 Å². The van der Waals surface area contributed by atoms with Gasteiger partial charge in [-0.15, -0.1) is 0 Å². The minimum Gasteiger partial charge on any atom is -0.457 e. The standard InChI is InChI=1S/C17H20N2O/c18-14-6-8-16(9-7-14)20-17-5-1-3-13(12-17)11-15-4-2-10-19-15/h1,3,5-9,12,15,19H,2,4,10-11,18H2. The number of benzene rings is 2. The van der Waals surface area contributed by atoms with E-state index in [1.54, 1.807) is 0 Å². The van der Waals surface area contributed by atoms with Gasteiger partial charge < -0.3 is 15.8 Å². The second-order valence-corrected chi connectivity index (χ2v) is 5.32. The summed E-state index contributed by atoms with van der Waals surface area (Å²) in [7, 11) is 0. The number of hydrogen-bond donors (Lipinski definition) is 2. The van der Waals surface area contributed by atoms with E-state index >= 15 is 0 Å². The molecule has 1 atom stereocenters. The molecule has 3 rings (SSSR count). The van der Waals surface area contributed by atoms with Gasteiger partial charge in [0.1, 0.15) is 11.5 Å². The summed E-state index contributed by atoms with van der Waals surface area (Å²) in [5, 5.41) is 3.53. The van der Waals surface area contributed by atoms with Crippen LogP contribution in [0.25, 0.3) is 0 Å². The highest BCUT2D eigenvalue weighted by atomic mass is 16.5. The molecule has 1 fully saturated rings. The van der Waals surface area contributed by atoms with Crippen molar-refractivity contribution in [3.05, 3.63) is 54.1 Å². The predicted octanol–water partition coefficient (Wildman–Crippen LogP) is 3.36. The quantitative estimate of drug-likeness (QED) is 0.836. The fraction of sp³-hybridized carbons (Fsp3) is 0.294. The first kappa shape index (κ1) is 13.0. The molecule has 2 aromatic rings. The Morgan fingerprint density at radius 2 is 1.95 bits per heavy atom. The Kier molecular flexibility index (Phi) is 3.88. The normalized spacial score (nSPS) is 18.1. The van der Waals surface area contributed by atoms with Crippen molar-refractivity contribution in [1.82, 2.24) is 5.32 Å². The van der Waals surface area contributed by atoms with Crippen molar-refractivity contribution >= 4 is 5.69 Å². The molecule has 0 aromatic heterocycles. The van der Waals surface area contributed by atoms with Crippen LogP contribution in [0.5, 0.6) is 11.5 Å². The van der Waals surface area contributed by atoms with Gasteiger partial charge in [0.05, 0.1) is 0 Å². The van der Waals surface area contributed by atoms with Crippen molar-refractivity contribution in [1.29, 1.82) is 0 Å². The summed E-state index contributed by atoms with van der Waals surface area (Å²) in [5.41, 5.74) is 7.74. The minimum atomic E-state index is 0.613. The summed E-state index contributed by atoms with van der Waals surface area (Å²) in [6.07, 6.45) is 3.62. The van der Waals surface area contributed by atoms with Gasteiger partial charge in [0.25, 0.3) is 0 Å². The summed E-state index contributed by atoms with van der Waals surface area (Å²) >= 11 is 0. The zero-order valence-corrected chi connectivity index (χ0v) is 11.5. The van der Waals surface area contributed by atoms with Crippen molar-refractivity contribution in [2.24, 2.45) is 0 Å². The molecule has 1 aliphatic heterocycles. The van der Waals surface area contributed by atoms with Crippen LogP contribution >= 0.6 is 0 Å². The van der Waals surface area contributed by atoms with Crippen LogP contribution in [-0.4, -0.2) is 12.6 Å². The highest BCUT2D eigenvalue weighted by Crippen LogP contribution is 2.24. The van der Waals surface area contributed by atoms with E-state index in [2.05, 4.69) is 23.5 Å². The van der Waals surface area contributed by atoms with E-state index in [-0.39, 0.29) is 0 Å². The van der Waals surface area contributed by atoms with Crippen LogP contribution in [-0.2, 0) is 6.42 Å². The Bertz CT molecular complexity index is 559. The third kappa shape index (κ3) is 3.31. The zero-order chi connectivity index (χ0) is 13.8. The van der Waals surface area contributed by atoms with Gasteiger partial charge in [0.15, 0.2) is 0 Å². The van der Waals surface area contributed by atoms with E-state index in [9.17, 15) is 0 Å². The van der Waals surface area contributed by atoms with Gasteiger partial charge in [-0.3, -0.25) is 0 Å². The summed E-state index contributed by atoms with van der Waals surface area (Å²) in [6, 6.07) is 16.4. The van der Waals surface area contributed by atoms with Crippen LogP contribution in [0.15, 0.2) is 48.5 Å². The second-order valence-electron chi connectivity index (χ2n) is 5.32. The van der Waals surface area contributed by atoms with E-state index < -0.39 is 0 Å². The summed E-state index contributed by atoms with van der Waals surface area (Å²) in [5.74, 6) is 1.70. The Balaban J connectivity index is 1.68. The molecule has 20 heavy (non-hydrogen) atoms. The second kappa shape index (κ2) is 5.97. The van der Waals surface area contributed by atoms with E-state index in [0.29, 0.717) is 6.04 Å². The average Bonchev–Trinajstić information content (AvgIpc) is 2.95. The molecule has 1 aliphatic rings. The molecular formula is C17H20N2O. The number of anilines is 1. The molecule has 0 spiro atoms. The maximum atomic E-state index is 5.86. The van der Waals surface area contributed by atoms with Crippen molar-refractivity contribution in [3.63, 3.8) is 0 Å². The molecule has 3 heteroatoms. The van der Waals surface area contributed by atoms with E-state index in [4.69, 9.17) is 10.5 Å². The van der Waals surface area contributed by atoms with Gasteiger partial charge in [0.2, 0.25) is 0 Å². The van der Waals surface area contributed by atoms with E-state index in [1.807, 2.05) is 30.3 Å². The molecule has 3 N–H and O–H groups in total. The van der Waals surface area contributed by atoms with Crippen LogP contribution in [0.3, 0.4) is 0 Å². The first-order chi connectivity index (χ1) is 9.79. The molecule has 1 heterocycles. The largest absolute Gasteiger partial charge is 0.457 e. The van der Waals surface area contributed by atoms with Gasteiger partial charge in [-0.2, -0.15) is 0 Å². The smallest absolute Gasteiger partial charge is 0.127 e. The number of nitrogen functional groups attached to an aromatic ring is 1. The van der Waals surface area contributed by atoms with E-state index in [0.717, 1.165) is 30.2 Å². The lowest BCUT2D eigenvalue weighted by molar-refractivity contribution is 0.481. The van der Waals surface area contributed by atoms with Crippen LogP contribution < -0.4 is 15.8 Å². The molecule has 1 saturated heterocycles. The fourth-order valence-corrected chi connectivity index (χ4v) is 2.62. The number of nitrogens with two attached hydrogens (primary N) is 1. The van der Waals surface area contributed by atoms with Crippen molar-refractivity contribution in [2.45, 2.75) is 25.3 Å². The van der Waals surface area contributed by atoms with Crippen LogP contribution in [0.1, 0.15) is 18.4 Å². The SMILES string of the molecule is Nc1ccc(Oc2cccc(CC3CCCN3)c2)cc1. The molecule has 3 nitrogen and oxygen atoms in total. The third-order valence-corrected chi connectivity index (χ3v) is 3.66. The van der Waals surface area contributed by atoms with Gasteiger partial charge in [-0.25, -0.2) is 0 Å². The molecule has 0 amide bonds. The van der Waals surface area contributed by atoms with Crippen molar-refractivity contribution < 1.29 is 4.74 Å². The summed E-state index contributed by atoms with van der Waals surface area (Å²) in [4.78, 5) is 0. The minimum absolute atomic E-state index is 0.613. The lowest BCUT2D eigenvalue weighted by Crippen LogP contribution is -2.23. The molecule has 1 unspecified atom stereocenters. The Hall–Kier alpha value is -2.00. The highest BCUT2D eigenvalue weighted by Gasteiger charge is 2.14. The molecular weight excluding hydrogens is 248 g/mol. The molecule has 0 saturated carbocycles. The van der Waals surface area contributed by atoms with Crippen LogP contribution in [0, 0.1) is 0 Å². The monoisotopic (exact) mass is 268 g/mol. The van der Waals surface area contributed by atoms with Gasteiger partial charge in [-0.05, 0) is 67.8 Å². The topological polar surface area (TPSA) is 47.3 Å². The molecule has 0 radical (unpaired) electrons. The van der Waals surface area contributed by atoms with Crippen LogP contribution in [0.4, 0.5) is 5.69 Å². The summed E-state index contributed by atoms with van der Waals surface area (Å²) < 4.78 is 5.86. The molecule has 0 aliphatic carbocycles. The molecule has 104 valence electrons. The first-order valence-electron chi connectivity index (χ1n) is 7.15. The summed E-state index contributed by atoms with van der Waals surface area (Å²) in [6.45, 7) is 1.15. The van der Waals surface area contributed by atoms with Gasteiger partial charge in [-0.1, -0.05) is 12.1 Å². The lowest BCUT2D eigenvalue weighted by atomic mass is 10.0. The predicted molar refractivity (Wildman–Crippen MR) is 82.1 cm³/mol. The Morgan fingerprint density at radius 1 is 1.10 bits per heavy atom. The average molecular weight is 268 g/mol. The van der Waals surface area contributed by atoms with Crippen LogP contribution in [0.2, 0.25) is 0 Å². The van der Waals surface area contributed by atoms with E-state index in [1.165, 1.54) is 18.4 Å². The number of hydrogen-bond acceptors (Lipinski definition) is 3. The fourth-order valence-electron chi connectivity index (χ4n) is 2.62. The number of rotatable bonds is 4. The van der Waals surface area contributed by atoms with Gasteiger partial charge in [0, 0.05) is 11.7 Å². The maximum absolute atomic E-state index is 5.86. The molecule has 0 bridgehead atoms. The highest BCUT2D eigenvalue weighted by molar-refractivity contribution is 5.43. The Morgan fingerprint density at radius 3 is 2.70 bits per heavy atom. The van der Waals surface area contributed by atoms with Crippen molar-refractivity contribution in [2.75, 3.05) is 12.3 Å². The number of nitrogens with one attached hydrogen (secondary N) is 1. The first-order valence-corrected chi connectivity index (χ1v) is 7.15. The lowest BCUT2D eigenvalue weighted by Gasteiger charge is -2.12. The Labute approximate surface area is 119 Å². The third-order valence-electron chi connectivity index (χ3n) is 3.66. The molecule has 2 aromatic carbocycles. The van der Waals surface area contributed by atoms with Crippen molar-refractivity contribution in [3.8, 4) is 11.5 Å². The number of ether oxygens (including phenoxy) is 1. The zero-order valence-electron chi connectivity index (χ0n) is 11.5. The maximum Gasteiger partial charge on any atom is 0.127 e.